The summed E-state index contributed by atoms with van der Waals surface area (Å²) in [4.78, 5) is 23.9. The van der Waals surface area contributed by atoms with Crippen molar-refractivity contribution in [2.75, 3.05) is 18.4 Å². The fourth-order valence-electron chi connectivity index (χ4n) is 4.19. The number of ether oxygens (including phenoxy) is 1. The van der Waals surface area contributed by atoms with Crippen LogP contribution in [0.3, 0.4) is 0 Å². The zero-order chi connectivity index (χ0) is 26.3. The number of anilines is 2. The smallest absolute Gasteiger partial charge is 0.407 e. The molecule has 3 heterocycles. The molecule has 192 valence electrons. The number of benzene rings is 2. The topological polar surface area (TPSA) is 111 Å². The van der Waals surface area contributed by atoms with Crippen molar-refractivity contribution in [3.63, 3.8) is 0 Å². The molecule has 5 rings (SSSR count). The van der Waals surface area contributed by atoms with E-state index in [2.05, 4.69) is 16.4 Å². The van der Waals surface area contributed by atoms with Crippen molar-refractivity contribution in [3.8, 4) is 17.6 Å². The SMILES string of the molecule is N#Cc1ccc(Sc2cnc(Nc3nc(CC4CCN(C(=O)O)CC4)cs3)c(Oc3ccccc3)c2)cc1. The summed E-state index contributed by atoms with van der Waals surface area (Å²) in [6.45, 7) is 1.15. The fraction of sp³-hybridized carbons (Fsp3) is 0.214. The average Bonchev–Trinajstić information content (AvgIpc) is 3.38. The van der Waals surface area contributed by atoms with Crippen LogP contribution in [0.25, 0.3) is 0 Å². The van der Waals surface area contributed by atoms with Crippen molar-refractivity contribution in [2.24, 2.45) is 5.92 Å². The third-order valence-corrected chi connectivity index (χ3v) is 7.95. The quantitative estimate of drug-likeness (QED) is 0.244. The highest BCUT2D eigenvalue weighted by molar-refractivity contribution is 7.99. The van der Waals surface area contributed by atoms with E-state index in [0.717, 1.165) is 39.9 Å². The molecule has 2 aromatic carbocycles. The monoisotopic (exact) mass is 543 g/mol. The summed E-state index contributed by atoms with van der Waals surface area (Å²) in [6, 6.07) is 21.0. The number of nitriles is 1. The highest BCUT2D eigenvalue weighted by Crippen LogP contribution is 2.37. The number of piperidine rings is 1. The zero-order valence-corrected chi connectivity index (χ0v) is 22.0. The highest BCUT2D eigenvalue weighted by Gasteiger charge is 2.23. The van der Waals surface area contributed by atoms with E-state index in [9.17, 15) is 4.79 Å². The van der Waals surface area contributed by atoms with Crippen LogP contribution in [0, 0.1) is 17.2 Å². The number of carboxylic acid groups (broad SMARTS) is 1. The van der Waals surface area contributed by atoms with Crippen LogP contribution in [-0.4, -0.2) is 39.2 Å². The van der Waals surface area contributed by atoms with Crippen LogP contribution >= 0.6 is 23.1 Å². The van der Waals surface area contributed by atoms with Crippen molar-refractivity contribution >= 4 is 40.1 Å². The number of carbonyl (C=O) groups is 1. The molecule has 38 heavy (non-hydrogen) atoms. The Bertz CT molecular complexity index is 1430. The number of nitrogens with zero attached hydrogens (tertiary/aromatic N) is 4. The molecule has 0 saturated carbocycles. The Hall–Kier alpha value is -4.07. The van der Waals surface area contributed by atoms with Gasteiger partial charge in [0.2, 0.25) is 0 Å². The van der Waals surface area contributed by atoms with E-state index in [0.29, 0.717) is 41.9 Å². The molecule has 2 N–H and O–H groups in total. The third-order valence-electron chi connectivity index (χ3n) is 6.18. The Morgan fingerprint density at radius 2 is 1.92 bits per heavy atom. The summed E-state index contributed by atoms with van der Waals surface area (Å²) in [5, 5.41) is 24.3. The Morgan fingerprint density at radius 1 is 1.16 bits per heavy atom. The van der Waals surface area contributed by atoms with Gasteiger partial charge in [-0.3, -0.25) is 0 Å². The Balaban J connectivity index is 1.30. The maximum absolute atomic E-state index is 11.2. The van der Waals surface area contributed by atoms with Crippen LogP contribution in [-0.2, 0) is 6.42 Å². The number of thiazole rings is 1. The van der Waals surface area contributed by atoms with Gasteiger partial charge in [-0.1, -0.05) is 30.0 Å². The standard InChI is InChI=1S/C28H25N5O3S2/c29-16-20-6-8-23(9-7-20)38-24-15-25(36-22-4-2-1-3-5-22)26(30-17-24)32-27-31-21(18-37-27)14-19-10-12-33(13-11-19)28(34)35/h1-9,15,17-19H,10-14H2,(H,34,35)(H,30,31,32). The predicted octanol–water partition coefficient (Wildman–Crippen LogP) is 7.03. The number of hydrogen-bond donors (Lipinski definition) is 2. The maximum Gasteiger partial charge on any atom is 0.407 e. The second kappa shape index (κ2) is 12.0. The summed E-state index contributed by atoms with van der Waals surface area (Å²) in [5.41, 5.74) is 1.61. The van der Waals surface area contributed by atoms with Gasteiger partial charge in [-0.15, -0.1) is 11.3 Å². The van der Waals surface area contributed by atoms with Crippen LogP contribution < -0.4 is 10.1 Å². The molecule has 0 spiro atoms. The largest absolute Gasteiger partial charge is 0.465 e. The van der Waals surface area contributed by atoms with Gasteiger partial charge in [0.25, 0.3) is 0 Å². The predicted molar refractivity (Wildman–Crippen MR) is 147 cm³/mol. The third kappa shape index (κ3) is 6.62. The number of hydrogen-bond acceptors (Lipinski definition) is 8. The number of amides is 1. The number of nitrogens with one attached hydrogen (secondary N) is 1. The minimum atomic E-state index is -0.842. The second-order valence-electron chi connectivity index (χ2n) is 8.86. The van der Waals surface area contributed by atoms with Gasteiger partial charge in [-0.25, -0.2) is 14.8 Å². The lowest BCUT2D eigenvalue weighted by atomic mass is 9.93. The molecule has 0 bridgehead atoms. The molecule has 2 aromatic heterocycles. The summed E-state index contributed by atoms with van der Waals surface area (Å²) in [5.74, 6) is 2.26. The van der Waals surface area contributed by atoms with Gasteiger partial charge in [-0.2, -0.15) is 5.26 Å². The molecule has 1 amide bonds. The van der Waals surface area contributed by atoms with Crippen molar-refractivity contribution < 1.29 is 14.6 Å². The fourth-order valence-corrected chi connectivity index (χ4v) is 5.72. The van der Waals surface area contributed by atoms with Crippen molar-refractivity contribution in [1.29, 1.82) is 5.26 Å². The van der Waals surface area contributed by atoms with Gasteiger partial charge in [0.15, 0.2) is 16.7 Å². The summed E-state index contributed by atoms with van der Waals surface area (Å²) in [7, 11) is 0. The summed E-state index contributed by atoms with van der Waals surface area (Å²) in [6.07, 6.45) is 3.47. The minimum absolute atomic E-state index is 0.425. The van der Waals surface area contributed by atoms with Gasteiger partial charge in [-0.05, 0) is 61.6 Å². The van der Waals surface area contributed by atoms with Crippen LogP contribution in [0.1, 0.15) is 24.1 Å². The molecular formula is C28H25N5O3S2. The van der Waals surface area contributed by atoms with Crippen LogP contribution in [0.4, 0.5) is 15.7 Å². The van der Waals surface area contributed by atoms with Gasteiger partial charge >= 0.3 is 6.09 Å². The summed E-state index contributed by atoms with van der Waals surface area (Å²) < 4.78 is 6.20. The first kappa shape index (κ1) is 25.6. The lowest BCUT2D eigenvalue weighted by Gasteiger charge is -2.29. The number of aromatic nitrogens is 2. The Morgan fingerprint density at radius 3 is 2.63 bits per heavy atom. The van der Waals surface area contributed by atoms with Crippen molar-refractivity contribution in [2.45, 2.75) is 29.1 Å². The molecule has 1 fully saturated rings. The average molecular weight is 544 g/mol. The van der Waals surface area contributed by atoms with Crippen molar-refractivity contribution in [1.82, 2.24) is 14.9 Å². The molecule has 1 aliphatic heterocycles. The van der Waals surface area contributed by atoms with E-state index < -0.39 is 6.09 Å². The summed E-state index contributed by atoms with van der Waals surface area (Å²) >= 11 is 3.05. The minimum Gasteiger partial charge on any atom is -0.465 e. The molecule has 1 saturated heterocycles. The molecular weight excluding hydrogens is 518 g/mol. The van der Waals surface area contributed by atoms with Gasteiger partial charge in [0.05, 0.1) is 17.3 Å². The lowest BCUT2D eigenvalue weighted by molar-refractivity contribution is 0.124. The van der Waals surface area contributed by atoms with Crippen LogP contribution in [0.5, 0.6) is 11.5 Å². The van der Waals surface area contributed by atoms with Crippen molar-refractivity contribution in [3.05, 3.63) is 83.5 Å². The highest BCUT2D eigenvalue weighted by atomic mass is 32.2. The molecule has 0 unspecified atom stereocenters. The van der Waals surface area contributed by atoms with Gasteiger partial charge in [0, 0.05) is 40.5 Å². The van der Waals surface area contributed by atoms with E-state index >= 15 is 0 Å². The number of likely N-dealkylation sites (tertiary alicyclic amines) is 1. The number of rotatable bonds is 8. The van der Waals surface area contributed by atoms with E-state index in [4.69, 9.17) is 20.1 Å². The Kier molecular flexibility index (Phi) is 8.06. The molecule has 10 heteroatoms. The van der Waals surface area contributed by atoms with E-state index in [1.807, 2.05) is 53.9 Å². The first-order valence-corrected chi connectivity index (χ1v) is 13.9. The van der Waals surface area contributed by atoms with Gasteiger partial charge in [0.1, 0.15) is 5.75 Å². The normalized spacial score (nSPS) is 13.6. The van der Waals surface area contributed by atoms with E-state index in [-0.39, 0.29) is 0 Å². The van der Waals surface area contributed by atoms with E-state index in [1.54, 1.807) is 18.3 Å². The molecule has 0 aliphatic carbocycles. The Labute approximate surface area is 228 Å². The first-order chi connectivity index (χ1) is 18.6. The second-order valence-corrected chi connectivity index (χ2v) is 10.9. The first-order valence-electron chi connectivity index (χ1n) is 12.2. The maximum atomic E-state index is 11.2. The number of pyridine rings is 1. The molecule has 8 nitrogen and oxygen atoms in total. The number of para-hydroxylation sites is 1. The van der Waals surface area contributed by atoms with Gasteiger partial charge < -0.3 is 20.1 Å². The van der Waals surface area contributed by atoms with Crippen LogP contribution in [0.2, 0.25) is 0 Å². The van der Waals surface area contributed by atoms with E-state index in [1.165, 1.54) is 28.0 Å². The molecule has 0 atom stereocenters. The van der Waals surface area contributed by atoms with Crippen LogP contribution in [0.15, 0.2) is 82.0 Å². The molecule has 0 radical (unpaired) electrons. The molecule has 1 aliphatic rings. The molecule has 4 aromatic rings. The lowest BCUT2D eigenvalue weighted by Crippen LogP contribution is -2.37. The zero-order valence-electron chi connectivity index (χ0n) is 20.4.